The molecule has 1 aromatic carbocycles. The summed E-state index contributed by atoms with van der Waals surface area (Å²) in [4.78, 5) is 9.10. The third-order valence-electron chi connectivity index (χ3n) is 5.26. The molecule has 7 heteroatoms. The summed E-state index contributed by atoms with van der Waals surface area (Å²) in [5, 5.41) is 4.12. The Morgan fingerprint density at radius 1 is 1.22 bits per heavy atom. The summed E-state index contributed by atoms with van der Waals surface area (Å²) in [6, 6.07) is 7.56. The van der Waals surface area contributed by atoms with Gasteiger partial charge in [-0.15, -0.1) is 0 Å². The molecule has 142 valence electrons. The second-order valence-electron chi connectivity index (χ2n) is 7.40. The van der Waals surface area contributed by atoms with E-state index in [0.717, 1.165) is 42.7 Å². The third kappa shape index (κ3) is 3.73. The maximum atomic E-state index is 6.44. The van der Waals surface area contributed by atoms with Crippen LogP contribution >= 0.6 is 0 Å². The van der Waals surface area contributed by atoms with Crippen LogP contribution in [0.25, 0.3) is 11.5 Å². The molecule has 2 N–H and O–H groups in total. The van der Waals surface area contributed by atoms with E-state index in [1.165, 1.54) is 0 Å². The zero-order valence-electron chi connectivity index (χ0n) is 15.6. The van der Waals surface area contributed by atoms with Crippen molar-refractivity contribution in [2.45, 2.75) is 50.5 Å². The van der Waals surface area contributed by atoms with Crippen LogP contribution in [0.3, 0.4) is 0 Å². The van der Waals surface area contributed by atoms with Crippen molar-refractivity contribution in [3.05, 3.63) is 47.9 Å². The van der Waals surface area contributed by atoms with E-state index in [0.29, 0.717) is 24.0 Å². The molecule has 1 aliphatic carbocycles. The molecule has 2 aromatic heterocycles. The lowest BCUT2D eigenvalue weighted by atomic mass is 9.74. The number of benzene rings is 1. The van der Waals surface area contributed by atoms with Gasteiger partial charge in [-0.3, -0.25) is 0 Å². The number of hydrogen-bond donors (Lipinski definition) is 1. The van der Waals surface area contributed by atoms with E-state index in [1.54, 1.807) is 13.4 Å². The molecule has 2 atom stereocenters. The third-order valence-corrected chi connectivity index (χ3v) is 5.26. The van der Waals surface area contributed by atoms with Gasteiger partial charge in [-0.1, -0.05) is 18.0 Å². The summed E-state index contributed by atoms with van der Waals surface area (Å²) < 4.78 is 16.3. The highest BCUT2D eigenvalue weighted by Gasteiger charge is 2.37. The van der Waals surface area contributed by atoms with Crippen LogP contribution in [0.5, 0.6) is 5.75 Å². The van der Waals surface area contributed by atoms with E-state index in [1.807, 2.05) is 24.3 Å². The predicted molar refractivity (Wildman–Crippen MR) is 99.4 cm³/mol. The van der Waals surface area contributed by atoms with E-state index in [4.69, 9.17) is 19.4 Å². The molecule has 2 unspecified atom stereocenters. The molecule has 7 nitrogen and oxygen atoms in total. The van der Waals surface area contributed by atoms with E-state index in [2.05, 4.69) is 22.0 Å². The number of aromatic nitrogens is 3. The molecule has 2 heterocycles. The normalized spacial score (nSPS) is 22.7. The van der Waals surface area contributed by atoms with Crippen molar-refractivity contribution >= 4 is 0 Å². The maximum Gasteiger partial charge on any atom is 0.231 e. The number of methoxy groups -OCH3 is 1. The van der Waals surface area contributed by atoms with Gasteiger partial charge in [-0.25, -0.2) is 4.98 Å². The molecule has 0 saturated heterocycles. The first-order chi connectivity index (χ1) is 13.0. The number of oxazole rings is 1. The molecule has 4 rings (SSSR count). The minimum Gasteiger partial charge on any atom is -0.497 e. The van der Waals surface area contributed by atoms with Crippen molar-refractivity contribution in [3.8, 4) is 17.2 Å². The van der Waals surface area contributed by atoms with Gasteiger partial charge in [0.2, 0.25) is 11.8 Å². The summed E-state index contributed by atoms with van der Waals surface area (Å²) in [5.74, 6) is 2.69. The van der Waals surface area contributed by atoms with Crippen LogP contribution in [-0.4, -0.2) is 27.8 Å². The van der Waals surface area contributed by atoms with E-state index < -0.39 is 0 Å². The van der Waals surface area contributed by atoms with Gasteiger partial charge >= 0.3 is 0 Å². The Kier molecular flexibility index (Phi) is 4.70. The van der Waals surface area contributed by atoms with Gasteiger partial charge in [0.1, 0.15) is 12.0 Å². The summed E-state index contributed by atoms with van der Waals surface area (Å²) in [7, 11) is 1.64. The fraction of sp³-hybridized carbons (Fsp3) is 0.450. The summed E-state index contributed by atoms with van der Waals surface area (Å²) >= 11 is 0. The van der Waals surface area contributed by atoms with Gasteiger partial charge < -0.3 is 19.4 Å². The first-order valence-corrected chi connectivity index (χ1v) is 9.25. The number of ether oxygens (including phenoxy) is 1. The van der Waals surface area contributed by atoms with Gasteiger partial charge in [0.15, 0.2) is 5.82 Å². The standard InChI is InChI=1S/C20H24N4O3/c1-20(21)10-4-3-5-16(20)19-23-17(24-27-19)11-14-12-26-18(22-14)13-6-8-15(25-2)9-7-13/h6-9,12,16H,3-5,10-11,21H2,1-2H3. The van der Waals surface area contributed by atoms with Crippen molar-refractivity contribution < 1.29 is 13.7 Å². The molecule has 1 aliphatic rings. The second kappa shape index (κ2) is 7.15. The van der Waals surface area contributed by atoms with Crippen LogP contribution in [0.4, 0.5) is 0 Å². The van der Waals surface area contributed by atoms with Crippen LogP contribution in [-0.2, 0) is 6.42 Å². The first-order valence-electron chi connectivity index (χ1n) is 9.25. The highest BCUT2D eigenvalue weighted by atomic mass is 16.5. The predicted octanol–water partition coefficient (Wildman–Crippen LogP) is 3.70. The Hall–Kier alpha value is -2.67. The Morgan fingerprint density at radius 2 is 2.04 bits per heavy atom. The van der Waals surface area contributed by atoms with Crippen molar-refractivity contribution in [1.29, 1.82) is 0 Å². The zero-order chi connectivity index (χ0) is 18.9. The largest absolute Gasteiger partial charge is 0.497 e. The first kappa shape index (κ1) is 17.7. The zero-order valence-corrected chi connectivity index (χ0v) is 15.6. The Bertz CT molecular complexity index is 898. The van der Waals surface area contributed by atoms with Crippen LogP contribution in [0.15, 0.2) is 39.5 Å². The highest BCUT2D eigenvalue weighted by Crippen LogP contribution is 2.38. The van der Waals surface area contributed by atoms with Crippen molar-refractivity contribution in [3.63, 3.8) is 0 Å². The van der Waals surface area contributed by atoms with Crippen LogP contribution < -0.4 is 10.5 Å². The van der Waals surface area contributed by atoms with Crippen LogP contribution in [0.1, 0.15) is 55.9 Å². The Balaban J connectivity index is 1.47. The molecular formula is C20H24N4O3. The number of nitrogens with two attached hydrogens (primary N) is 1. The average molecular weight is 368 g/mol. The average Bonchev–Trinajstić information content (AvgIpc) is 3.32. The Morgan fingerprint density at radius 3 is 2.78 bits per heavy atom. The van der Waals surface area contributed by atoms with E-state index in [-0.39, 0.29) is 11.5 Å². The summed E-state index contributed by atoms with van der Waals surface area (Å²) in [5.41, 5.74) is 7.79. The fourth-order valence-corrected chi connectivity index (χ4v) is 3.66. The molecular weight excluding hydrogens is 344 g/mol. The molecule has 27 heavy (non-hydrogen) atoms. The molecule has 0 amide bonds. The fourth-order valence-electron chi connectivity index (χ4n) is 3.66. The second-order valence-corrected chi connectivity index (χ2v) is 7.40. The monoisotopic (exact) mass is 368 g/mol. The number of rotatable bonds is 5. The molecule has 3 aromatic rings. The molecule has 0 bridgehead atoms. The van der Waals surface area contributed by atoms with Crippen LogP contribution in [0.2, 0.25) is 0 Å². The lowest BCUT2D eigenvalue weighted by molar-refractivity contribution is 0.223. The van der Waals surface area contributed by atoms with Gasteiger partial charge in [0.25, 0.3) is 0 Å². The highest BCUT2D eigenvalue weighted by molar-refractivity contribution is 5.54. The van der Waals surface area contributed by atoms with Crippen molar-refractivity contribution in [2.75, 3.05) is 7.11 Å². The lowest BCUT2D eigenvalue weighted by Crippen LogP contribution is -2.44. The van der Waals surface area contributed by atoms with E-state index in [9.17, 15) is 0 Å². The van der Waals surface area contributed by atoms with Gasteiger partial charge in [-0.2, -0.15) is 4.98 Å². The molecule has 1 saturated carbocycles. The Labute approximate surface area is 157 Å². The quantitative estimate of drug-likeness (QED) is 0.733. The van der Waals surface area contributed by atoms with Gasteiger partial charge in [0.05, 0.1) is 25.1 Å². The topological polar surface area (TPSA) is 100 Å². The SMILES string of the molecule is COc1ccc(-c2nc(Cc3noc(C4CCCCC4(C)N)n3)co2)cc1. The molecule has 0 aliphatic heterocycles. The minimum atomic E-state index is -0.294. The van der Waals surface area contributed by atoms with Crippen molar-refractivity contribution in [2.24, 2.45) is 5.73 Å². The lowest BCUT2D eigenvalue weighted by Gasteiger charge is -2.35. The summed E-state index contributed by atoms with van der Waals surface area (Å²) in [6.45, 7) is 2.07. The minimum absolute atomic E-state index is 0.111. The molecule has 0 radical (unpaired) electrons. The number of hydrogen-bond acceptors (Lipinski definition) is 7. The summed E-state index contributed by atoms with van der Waals surface area (Å²) in [6.07, 6.45) is 6.34. The number of nitrogens with zero attached hydrogens (tertiary/aromatic N) is 3. The smallest absolute Gasteiger partial charge is 0.231 e. The van der Waals surface area contributed by atoms with Gasteiger partial charge in [0, 0.05) is 11.1 Å². The molecule has 1 fully saturated rings. The maximum absolute atomic E-state index is 6.44. The molecule has 0 spiro atoms. The van der Waals surface area contributed by atoms with Crippen molar-refractivity contribution in [1.82, 2.24) is 15.1 Å². The van der Waals surface area contributed by atoms with Gasteiger partial charge in [-0.05, 0) is 44.0 Å². The van der Waals surface area contributed by atoms with Crippen LogP contribution in [0, 0.1) is 0 Å². The van der Waals surface area contributed by atoms with E-state index >= 15 is 0 Å².